The van der Waals surface area contributed by atoms with Crippen molar-refractivity contribution in [2.24, 2.45) is 0 Å². The molecular weight excluding hydrogens is 170 g/mol. The van der Waals surface area contributed by atoms with E-state index in [4.69, 9.17) is 4.74 Å². The van der Waals surface area contributed by atoms with Crippen LogP contribution in [0.4, 0.5) is 5.82 Å². The van der Waals surface area contributed by atoms with Gasteiger partial charge in [-0.3, -0.25) is 15.0 Å². The molecule has 2 aliphatic heterocycles. The summed E-state index contributed by atoms with van der Waals surface area (Å²) in [6.45, 7) is 1.69. The number of nitrogens with one attached hydrogen (secondary N) is 2. The van der Waals surface area contributed by atoms with Crippen LogP contribution in [-0.2, 0) is 4.74 Å². The largest absolute Gasteiger partial charge is 0.374 e. The van der Waals surface area contributed by atoms with Gasteiger partial charge in [-0.25, -0.2) is 0 Å². The third-order valence-corrected chi connectivity index (χ3v) is 2.79. The van der Waals surface area contributed by atoms with Crippen LogP contribution in [0, 0.1) is 0 Å². The number of aromatic amines is 2. The molecule has 70 valence electrons. The van der Waals surface area contributed by atoms with E-state index in [1.54, 1.807) is 6.07 Å². The van der Waals surface area contributed by atoms with Gasteiger partial charge in [0.05, 0.1) is 18.8 Å². The standard InChI is InChI=1S/C8H11N3O2/c12-8-2-7(9-10-8)11-3-6-1-5(11)4-13-6/h2,5-6H,1,3-4H2,(H2,9,10,12)/t5-,6-/m1/s1. The summed E-state index contributed by atoms with van der Waals surface area (Å²) in [6, 6.07) is 2.05. The van der Waals surface area contributed by atoms with E-state index in [-0.39, 0.29) is 5.56 Å². The topological polar surface area (TPSA) is 61.1 Å². The number of aromatic nitrogens is 2. The van der Waals surface area contributed by atoms with Gasteiger partial charge >= 0.3 is 0 Å². The van der Waals surface area contributed by atoms with Crippen molar-refractivity contribution in [3.05, 3.63) is 16.4 Å². The van der Waals surface area contributed by atoms with E-state index in [0.717, 1.165) is 25.4 Å². The summed E-state index contributed by atoms with van der Waals surface area (Å²) >= 11 is 0. The molecule has 0 aromatic carbocycles. The van der Waals surface area contributed by atoms with Gasteiger partial charge in [0.25, 0.3) is 5.56 Å². The fraction of sp³-hybridized carbons (Fsp3) is 0.625. The van der Waals surface area contributed by atoms with Gasteiger partial charge in [0.15, 0.2) is 0 Å². The van der Waals surface area contributed by atoms with Gasteiger partial charge in [-0.1, -0.05) is 0 Å². The Balaban J connectivity index is 1.91. The number of morpholine rings is 1. The Labute approximate surface area is 74.7 Å². The lowest BCUT2D eigenvalue weighted by Crippen LogP contribution is -2.37. The van der Waals surface area contributed by atoms with Gasteiger partial charge in [0.2, 0.25) is 0 Å². The summed E-state index contributed by atoms with van der Waals surface area (Å²) in [5.74, 6) is 0.890. The summed E-state index contributed by atoms with van der Waals surface area (Å²) < 4.78 is 5.47. The molecule has 0 aliphatic carbocycles. The van der Waals surface area contributed by atoms with E-state index in [1.165, 1.54) is 0 Å². The molecule has 1 aromatic heterocycles. The number of ether oxygens (including phenoxy) is 1. The minimum absolute atomic E-state index is 0.0707. The van der Waals surface area contributed by atoms with Crippen molar-refractivity contribution >= 4 is 5.82 Å². The molecular formula is C8H11N3O2. The van der Waals surface area contributed by atoms with Gasteiger partial charge in [0.1, 0.15) is 5.82 Å². The molecule has 3 rings (SSSR count). The lowest BCUT2D eigenvalue weighted by molar-refractivity contribution is 0.0989. The highest BCUT2D eigenvalue weighted by Gasteiger charge is 2.39. The SMILES string of the molecule is O=c1cc(N2C[C@H]3C[C@@H]2CO3)[nH][nH]1. The second-order valence-corrected chi connectivity index (χ2v) is 3.64. The highest BCUT2D eigenvalue weighted by Crippen LogP contribution is 2.30. The first-order valence-electron chi connectivity index (χ1n) is 4.49. The fourth-order valence-corrected chi connectivity index (χ4v) is 2.17. The molecule has 2 atom stereocenters. The summed E-state index contributed by atoms with van der Waals surface area (Å²) in [6.07, 6.45) is 1.45. The smallest absolute Gasteiger partial charge is 0.266 e. The lowest BCUT2D eigenvalue weighted by atomic mass is 10.2. The molecule has 1 aromatic rings. The van der Waals surface area contributed by atoms with Gasteiger partial charge in [0, 0.05) is 12.6 Å². The Kier molecular flexibility index (Phi) is 1.32. The first-order valence-corrected chi connectivity index (χ1v) is 4.49. The number of fused-ring (bicyclic) bond motifs is 2. The summed E-state index contributed by atoms with van der Waals surface area (Å²) in [7, 11) is 0. The Morgan fingerprint density at radius 2 is 2.46 bits per heavy atom. The van der Waals surface area contributed by atoms with E-state index < -0.39 is 0 Å². The Hall–Kier alpha value is -1.23. The zero-order valence-electron chi connectivity index (χ0n) is 7.12. The van der Waals surface area contributed by atoms with Crippen molar-refractivity contribution in [2.45, 2.75) is 18.6 Å². The second kappa shape index (κ2) is 2.38. The molecule has 0 radical (unpaired) electrons. The second-order valence-electron chi connectivity index (χ2n) is 3.64. The van der Waals surface area contributed by atoms with E-state index in [2.05, 4.69) is 15.1 Å². The molecule has 5 heteroatoms. The number of anilines is 1. The van der Waals surface area contributed by atoms with Crippen LogP contribution in [0.3, 0.4) is 0 Å². The van der Waals surface area contributed by atoms with Gasteiger partial charge in [-0.05, 0) is 6.42 Å². The molecule has 13 heavy (non-hydrogen) atoms. The van der Waals surface area contributed by atoms with Crippen LogP contribution in [0.1, 0.15) is 6.42 Å². The summed E-state index contributed by atoms with van der Waals surface area (Å²) in [4.78, 5) is 13.1. The fourth-order valence-electron chi connectivity index (χ4n) is 2.17. The number of rotatable bonds is 1. The Morgan fingerprint density at radius 1 is 1.54 bits per heavy atom. The molecule has 0 amide bonds. The van der Waals surface area contributed by atoms with Crippen LogP contribution in [0.15, 0.2) is 10.9 Å². The molecule has 2 saturated heterocycles. The Bertz CT molecular complexity index is 369. The quantitative estimate of drug-likeness (QED) is 0.624. The molecule has 2 aliphatic rings. The first kappa shape index (κ1) is 7.20. The molecule has 0 unspecified atom stereocenters. The van der Waals surface area contributed by atoms with Crippen molar-refractivity contribution in [2.75, 3.05) is 18.1 Å². The highest BCUT2D eigenvalue weighted by atomic mass is 16.5. The average Bonchev–Trinajstić information content (AvgIpc) is 2.77. The number of H-pyrrole nitrogens is 2. The molecule has 5 nitrogen and oxygen atoms in total. The number of nitrogens with zero attached hydrogens (tertiary/aromatic N) is 1. The van der Waals surface area contributed by atoms with Crippen LogP contribution in [0.5, 0.6) is 0 Å². The molecule has 2 N–H and O–H groups in total. The van der Waals surface area contributed by atoms with Crippen molar-refractivity contribution in [1.82, 2.24) is 10.2 Å². The minimum Gasteiger partial charge on any atom is -0.374 e. The van der Waals surface area contributed by atoms with Crippen molar-refractivity contribution in [3.8, 4) is 0 Å². The average molecular weight is 181 g/mol. The molecule has 0 saturated carbocycles. The third-order valence-electron chi connectivity index (χ3n) is 2.79. The lowest BCUT2D eigenvalue weighted by Gasteiger charge is -2.26. The van der Waals surface area contributed by atoms with Gasteiger partial charge < -0.3 is 9.64 Å². The van der Waals surface area contributed by atoms with E-state index >= 15 is 0 Å². The van der Waals surface area contributed by atoms with Crippen LogP contribution in [-0.4, -0.2) is 35.5 Å². The molecule has 2 fully saturated rings. The maximum atomic E-state index is 10.9. The summed E-state index contributed by atoms with van der Waals surface area (Å²) in [5, 5.41) is 5.41. The van der Waals surface area contributed by atoms with Crippen molar-refractivity contribution in [1.29, 1.82) is 0 Å². The molecule has 2 bridgehead atoms. The molecule has 0 spiro atoms. The van der Waals surface area contributed by atoms with Crippen LogP contribution >= 0.6 is 0 Å². The van der Waals surface area contributed by atoms with E-state index in [1.807, 2.05) is 0 Å². The normalized spacial score (nSPS) is 31.5. The van der Waals surface area contributed by atoms with Crippen molar-refractivity contribution in [3.63, 3.8) is 0 Å². The monoisotopic (exact) mass is 181 g/mol. The predicted octanol–water partition coefficient (Wildman–Crippen LogP) is -0.320. The number of hydrogen-bond donors (Lipinski definition) is 2. The van der Waals surface area contributed by atoms with Crippen LogP contribution in [0.2, 0.25) is 0 Å². The van der Waals surface area contributed by atoms with Gasteiger partial charge in [-0.15, -0.1) is 0 Å². The zero-order valence-corrected chi connectivity index (χ0v) is 7.12. The summed E-state index contributed by atoms with van der Waals surface area (Å²) in [5.41, 5.74) is -0.0707. The van der Waals surface area contributed by atoms with Crippen LogP contribution in [0.25, 0.3) is 0 Å². The minimum atomic E-state index is -0.0707. The van der Waals surface area contributed by atoms with E-state index in [9.17, 15) is 4.79 Å². The van der Waals surface area contributed by atoms with E-state index in [0.29, 0.717) is 12.1 Å². The predicted molar refractivity (Wildman–Crippen MR) is 46.9 cm³/mol. The first-order chi connectivity index (χ1) is 6.33. The highest BCUT2D eigenvalue weighted by molar-refractivity contribution is 5.41. The maximum Gasteiger partial charge on any atom is 0.266 e. The molecule has 3 heterocycles. The van der Waals surface area contributed by atoms with Gasteiger partial charge in [-0.2, -0.15) is 0 Å². The number of hydrogen-bond acceptors (Lipinski definition) is 3. The van der Waals surface area contributed by atoms with Crippen LogP contribution < -0.4 is 10.5 Å². The third kappa shape index (κ3) is 1.00. The Morgan fingerprint density at radius 3 is 3.00 bits per heavy atom. The maximum absolute atomic E-state index is 10.9. The van der Waals surface area contributed by atoms with Crippen molar-refractivity contribution < 1.29 is 4.74 Å². The zero-order chi connectivity index (χ0) is 8.84.